The van der Waals surface area contributed by atoms with Gasteiger partial charge in [0.1, 0.15) is 5.75 Å². The van der Waals surface area contributed by atoms with Crippen LogP contribution in [0.5, 0.6) is 5.75 Å². The Labute approximate surface area is 99.1 Å². The normalized spacial score (nSPS) is 11.1. The molecule has 1 aromatic rings. The first kappa shape index (κ1) is 13.5. The Bertz CT molecular complexity index is 469. The number of ketones is 1. The first-order chi connectivity index (χ1) is 7.74. The molecule has 0 N–H and O–H groups in total. The summed E-state index contributed by atoms with van der Waals surface area (Å²) in [4.78, 5) is 21.7. The highest BCUT2D eigenvalue weighted by Gasteiger charge is 2.32. The SMILES string of the molecule is CC(=O)c1cc(Cl)c(OC(F)(F)F)cc1C=O. The highest BCUT2D eigenvalue weighted by Crippen LogP contribution is 2.32. The molecule has 0 aliphatic heterocycles. The van der Waals surface area contributed by atoms with Crippen molar-refractivity contribution in [2.75, 3.05) is 0 Å². The first-order valence-corrected chi connectivity index (χ1v) is 4.68. The van der Waals surface area contributed by atoms with Crippen molar-refractivity contribution in [2.24, 2.45) is 0 Å². The fraction of sp³-hybridized carbons (Fsp3) is 0.200. The molecule has 0 saturated heterocycles. The van der Waals surface area contributed by atoms with E-state index in [0.29, 0.717) is 0 Å². The number of rotatable bonds is 3. The van der Waals surface area contributed by atoms with Gasteiger partial charge in [-0.1, -0.05) is 11.6 Å². The summed E-state index contributed by atoms with van der Waals surface area (Å²) >= 11 is 5.52. The topological polar surface area (TPSA) is 43.4 Å². The zero-order valence-electron chi connectivity index (χ0n) is 8.47. The zero-order valence-corrected chi connectivity index (χ0v) is 9.22. The van der Waals surface area contributed by atoms with E-state index in [1.165, 1.54) is 6.92 Å². The maximum absolute atomic E-state index is 12.0. The van der Waals surface area contributed by atoms with Gasteiger partial charge in [0.2, 0.25) is 0 Å². The van der Waals surface area contributed by atoms with Crippen LogP contribution in [0.3, 0.4) is 0 Å². The lowest BCUT2D eigenvalue weighted by Gasteiger charge is -2.12. The van der Waals surface area contributed by atoms with Crippen LogP contribution in [0.25, 0.3) is 0 Å². The predicted octanol–water partition coefficient (Wildman–Crippen LogP) is 3.25. The van der Waals surface area contributed by atoms with Crippen molar-refractivity contribution in [3.05, 3.63) is 28.3 Å². The van der Waals surface area contributed by atoms with Crippen LogP contribution < -0.4 is 4.74 Å². The molecule has 0 bridgehead atoms. The predicted molar refractivity (Wildman–Crippen MR) is 53.5 cm³/mol. The molecule has 0 heterocycles. The summed E-state index contributed by atoms with van der Waals surface area (Å²) in [6.45, 7) is 1.17. The number of benzene rings is 1. The number of aldehydes is 1. The van der Waals surface area contributed by atoms with Crippen molar-refractivity contribution in [2.45, 2.75) is 13.3 Å². The van der Waals surface area contributed by atoms with Crippen LogP contribution in [0.15, 0.2) is 12.1 Å². The largest absolute Gasteiger partial charge is 0.573 e. The molecular formula is C10H6ClF3O3. The average molecular weight is 267 g/mol. The van der Waals surface area contributed by atoms with Gasteiger partial charge < -0.3 is 4.74 Å². The molecule has 92 valence electrons. The summed E-state index contributed by atoms with van der Waals surface area (Å²) in [5, 5.41) is -0.391. The molecule has 3 nitrogen and oxygen atoms in total. The molecule has 0 radical (unpaired) electrons. The minimum atomic E-state index is -4.92. The van der Waals surface area contributed by atoms with Gasteiger partial charge in [0.05, 0.1) is 5.02 Å². The number of halogens is 4. The Morgan fingerprint density at radius 1 is 1.41 bits per heavy atom. The fourth-order valence-electron chi connectivity index (χ4n) is 1.17. The van der Waals surface area contributed by atoms with Gasteiger partial charge in [0, 0.05) is 11.1 Å². The maximum Gasteiger partial charge on any atom is 0.573 e. The first-order valence-electron chi connectivity index (χ1n) is 4.30. The molecule has 0 fully saturated rings. The Kier molecular flexibility index (Phi) is 3.77. The van der Waals surface area contributed by atoms with Gasteiger partial charge in [-0.05, 0) is 19.1 Å². The summed E-state index contributed by atoms with van der Waals surface area (Å²) in [6.07, 6.45) is -4.65. The van der Waals surface area contributed by atoms with E-state index in [4.69, 9.17) is 11.6 Å². The lowest BCUT2D eigenvalue weighted by molar-refractivity contribution is -0.274. The summed E-state index contributed by atoms with van der Waals surface area (Å²) in [6, 6.07) is 1.74. The summed E-state index contributed by atoms with van der Waals surface area (Å²) in [7, 11) is 0. The second-order valence-corrected chi connectivity index (χ2v) is 3.50. The third kappa shape index (κ3) is 3.45. The van der Waals surface area contributed by atoms with E-state index in [0.717, 1.165) is 12.1 Å². The molecule has 0 amide bonds. The molecule has 1 aromatic carbocycles. The van der Waals surface area contributed by atoms with Crippen LogP contribution >= 0.6 is 11.6 Å². The third-order valence-electron chi connectivity index (χ3n) is 1.84. The Balaban J connectivity index is 3.27. The monoisotopic (exact) mass is 266 g/mol. The molecule has 0 aromatic heterocycles. The van der Waals surface area contributed by atoms with E-state index in [9.17, 15) is 22.8 Å². The summed E-state index contributed by atoms with van der Waals surface area (Å²) in [5.74, 6) is -1.20. The fourth-order valence-corrected chi connectivity index (χ4v) is 1.38. The molecule has 0 unspecified atom stereocenters. The number of hydrogen-bond acceptors (Lipinski definition) is 3. The van der Waals surface area contributed by atoms with Gasteiger partial charge in [0.25, 0.3) is 0 Å². The smallest absolute Gasteiger partial charge is 0.404 e. The lowest BCUT2D eigenvalue weighted by Crippen LogP contribution is -2.17. The maximum atomic E-state index is 12.0. The minimum absolute atomic E-state index is 0.0560. The standard InChI is InChI=1S/C10H6ClF3O3/c1-5(16)7-3-8(11)9(2-6(7)4-15)17-10(12,13)14/h2-4H,1H3. The van der Waals surface area contributed by atoms with E-state index in [1.807, 2.05) is 0 Å². The van der Waals surface area contributed by atoms with Crippen LogP contribution in [0, 0.1) is 0 Å². The number of Topliss-reactive ketones (excluding diaryl/α,β-unsaturated/α-hetero) is 1. The van der Waals surface area contributed by atoms with E-state index in [1.54, 1.807) is 0 Å². The summed E-state index contributed by atoms with van der Waals surface area (Å²) in [5.41, 5.74) is -0.263. The molecule has 7 heteroatoms. The molecule has 0 aliphatic carbocycles. The van der Waals surface area contributed by atoms with Gasteiger partial charge >= 0.3 is 6.36 Å². The number of hydrogen-bond donors (Lipinski definition) is 0. The van der Waals surface area contributed by atoms with Gasteiger partial charge in [-0.15, -0.1) is 13.2 Å². The molecule has 1 rings (SSSR count). The van der Waals surface area contributed by atoms with Gasteiger partial charge in [-0.3, -0.25) is 9.59 Å². The Morgan fingerprint density at radius 2 is 2.00 bits per heavy atom. The van der Waals surface area contributed by atoms with Crippen molar-refractivity contribution in [1.29, 1.82) is 0 Å². The highest BCUT2D eigenvalue weighted by molar-refractivity contribution is 6.32. The van der Waals surface area contributed by atoms with Crippen molar-refractivity contribution < 1.29 is 27.5 Å². The summed E-state index contributed by atoms with van der Waals surface area (Å²) < 4.78 is 39.5. The van der Waals surface area contributed by atoms with Crippen molar-refractivity contribution in [3.63, 3.8) is 0 Å². The average Bonchev–Trinajstić information content (AvgIpc) is 2.18. The number of alkyl halides is 3. The molecule has 17 heavy (non-hydrogen) atoms. The van der Waals surface area contributed by atoms with Crippen LogP contribution in [0.2, 0.25) is 5.02 Å². The number of carbonyl (C=O) groups excluding carboxylic acids is 2. The quantitative estimate of drug-likeness (QED) is 0.623. The van der Waals surface area contributed by atoms with Crippen molar-refractivity contribution in [1.82, 2.24) is 0 Å². The Hall–Kier alpha value is -1.56. The number of carbonyl (C=O) groups is 2. The van der Waals surface area contributed by atoms with Crippen molar-refractivity contribution >= 4 is 23.7 Å². The van der Waals surface area contributed by atoms with E-state index < -0.39 is 22.9 Å². The van der Waals surface area contributed by atoms with Gasteiger partial charge in [-0.25, -0.2) is 0 Å². The third-order valence-corrected chi connectivity index (χ3v) is 2.13. The highest BCUT2D eigenvalue weighted by atomic mass is 35.5. The van der Waals surface area contributed by atoms with Gasteiger partial charge in [0.15, 0.2) is 12.1 Å². The Morgan fingerprint density at radius 3 is 2.41 bits per heavy atom. The second kappa shape index (κ2) is 4.75. The van der Waals surface area contributed by atoms with Crippen LogP contribution in [-0.2, 0) is 0 Å². The molecule has 0 aliphatic rings. The van der Waals surface area contributed by atoms with E-state index in [-0.39, 0.29) is 17.4 Å². The molecule has 0 spiro atoms. The van der Waals surface area contributed by atoms with E-state index >= 15 is 0 Å². The van der Waals surface area contributed by atoms with Crippen LogP contribution in [-0.4, -0.2) is 18.4 Å². The molecule has 0 saturated carbocycles. The minimum Gasteiger partial charge on any atom is -0.404 e. The second-order valence-electron chi connectivity index (χ2n) is 3.09. The van der Waals surface area contributed by atoms with Crippen LogP contribution in [0.1, 0.15) is 27.6 Å². The number of ether oxygens (including phenoxy) is 1. The van der Waals surface area contributed by atoms with Crippen molar-refractivity contribution in [3.8, 4) is 5.75 Å². The van der Waals surface area contributed by atoms with Gasteiger partial charge in [-0.2, -0.15) is 0 Å². The molecule has 0 atom stereocenters. The zero-order chi connectivity index (χ0) is 13.2. The lowest BCUT2D eigenvalue weighted by atomic mass is 10.1. The molecular weight excluding hydrogens is 261 g/mol. The van der Waals surface area contributed by atoms with Crippen LogP contribution in [0.4, 0.5) is 13.2 Å². The van der Waals surface area contributed by atoms with E-state index in [2.05, 4.69) is 4.74 Å².